The molecule has 0 N–H and O–H groups in total. The van der Waals surface area contributed by atoms with Crippen LogP contribution in [0.3, 0.4) is 0 Å². The molecule has 15 heavy (non-hydrogen) atoms. The first kappa shape index (κ1) is 10.2. The standard InChI is InChI=1S/C14H16O/c1-2-3-7-14(15)13-9-8-11-5-4-6-12(11)10-13/h2,8-10H,1,3-7H2. The smallest absolute Gasteiger partial charge is 0.163 e. The number of fused-ring (bicyclic) bond motifs is 1. The van der Waals surface area contributed by atoms with E-state index in [4.69, 9.17) is 0 Å². The van der Waals surface area contributed by atoms with Gasteiger partial charge in [-0.2, -0.15) is 0 Å². The Morgan fingerprint density at radius 2 is 2.13 bits per heavy atom. The Morgan fingerprint density at radius 3 is 2.93 bits per heavy atom. The fraction of sp³-hybridized carbons (Fsp3) is 0.357. The number of benzene rings is 1. The third-order valence-electron chi connectivity index (χ3n) is 3.00. The number of ketones is 1. The fourth-order valence-electron chi connectivity index (χ4n) is 2.12. The minimum Gasteiger partial charge on any atom is -0.294 e. The average molecular weight is 200 g/mol. The number of aryl methyl sites for hydroxylation is 2. The normalized spacial score (nSPS) is 13.6. The van der Waals surface area contributed by atoms with Crippen molar-refractivity contribution in [3.63, 3.8) is 0 Å². The molecule has 0 bridgehead atoms. The van der Waals surface area contributed by atoms with Crippen LogP contribution in [0.15, 0.2) is 30.9 Å². The summed E-state index contributed by atoms with van der Waals surface area (Å²) in [6.45, 7) is 3.63. The molecule has 1 aromatic rings. The van der Waals surface area contributed by atoms with E-state index >= 15 is 0 Å². The number of carbonyl (C=O) groups excluding carboxylic acids is 1. The van der Waals surface area contributed by atoms with Gasteiger partial charge >= 0.3 is 0 Å². The highest BCUT2D eigenvalue weighted by atomic mass is 16.1. The number of rotatable bonds is 4. The fourth-order valence-corrected chi connectivity index (χ4v) is 2.12. The minimum absolute atomic E-state index is 0.240. The van der Waals surface area contributed by atoms with Crippen LogP contribution in [-0.4, -0.2) is 5.78 Å². The van der Waals surface area contributed by atoms with Gasteiger partial charge < -0.3 is 0 Å². The van der Waals surface area contributed by atoms with Crippen LogP contribution in [0.4, 0.5) is 0 Å². The largest absolute Gasteiger partial charge is 0.294 e. The van der Waals surface area contributed by atoms with Crippen LogP contribution < -0.4 is 0 Å². The van der Waals surface area contributed by atoms with Crippen LogP contribution in [0.2, 0.25) is 0 Å². The molecule has 1 nitrogen and oxygen atoms in total. The summed E-state index contributed by atoms with van der Waals surface area (Å²) in [6, 6.07) is 6.16. The molecule has 1 aliphatic carbocycles. The van der Waals surface area contributed by atoms with Crippen molar-refractivity contribution in [1.82, 2.24) is 0 Å². The predicted octanol–water partition coefficient (Wildman–Crippen LogP) is 3.32. The third-order valence-corrected chi connectivity index (χ3v) is 3.00. The summed E-state index contributed by atoms with van der Waals surface area (Å²) in [5.41, 5.74) is 3.67. The summed E-state index contributed by atoms with van der Waals surface area (Å²) in [4.78, 5) is 11.8. The van der Waals surface area contributed by atoms with Crippen LogP contribution >= 0.6 is 0 Å². The second-order valence-corrected chi connectivity index (χ2v) is 4.09. The summed E-state index contributed by atoms with van der Waals surface area (Å²) >= 11 is 0. The van der Waals surface area contributed by atoms with Gasteiger partial charge in [-0.3, -0.25) is 4.79 Å². The van der Waals surface area contributed by atoms with Crippen LogP contribution in [0.5, 0.6) is 0 Å². The Labute approximate surface area is 90.8 Å². The van der Waals surface area contributed by atoms with Crippen LogP contribution in [0, 0.1) is 0 Å². The van der Waals surface area contributed by atoms with Gasteiger partial charge in [0.1, 0.15) is 0 Å². The van der Waals surface area contributed by atoms with Gasteiger partial charge in [-0.1, -0.05) is 18.2 Å². The van der Waals surface area contributed by atoms with Gasteiger partial charge in [-0.05, 0) is 42.9 Å². The van der Waals surface area contributed by atoms with Gasteiger partial charge in [0.05, 0.1) is 0 Å². The second kappa shape index (κ2) is 4.43. The maximum Gasteiger partial charge on any atom is 0.163 e. The topological polar surface area (TPSA) is 17.1 Å². The molecule has 0 heterocycles. The lowest BCUT2D eigenvalue weighted by Crippen LogP contribution is -1.99. The first-order valence-corrected chi connectivity index (χ1v) is 5.57. The summed E-state index contributed by atoms with van der Waals surface area (Å²) in [7, 11) is 0. The maximum absolute atomic E-state index is 11.8. The van der Waals surface area contributed by atoms with Crippen molar-refractivity contribution in [2.45, 2.75) is 32.1 Å². The molecule has 0 atom stereocenters. The quantitative estimate of drug-likeness (QED) is 0.538. The Hall–Kier alpha value is -1.37. The monoisotopic (exact) mass is 200 g/mol. The Bertz CT molecular complexity index is 390. The van der Waals surface area contributed by atoms with E-state index in [0.29, 0.717) is 6.42 Å². The molecule has 2 rings (SSSR count). The van der Waals surface area contributed by atoms with E-state index in [1.807, 2.05) is 6.07 Å². The molecule has 0 aliphatic heterocycles. The molecule has 0 saturated heterocycles. The molecular weight excluding hydrogens is 184 g/mol. The molecule has 1 aromatic carbocycles. The zero-order chi connectivity index (χ0) is 10.7. The van der Waals surface area contributed by atoms with Crippen molar-refractivity contribution >= 4 is 5.78 Å². The van der Waals surface area contributed by atoms with E-state index in [9.17, 15) is 4.79 Å². The molecule has 0 spiro atoms. The van der Waals surface area contributed by atoms with E-state index in [0.717, 1.165) is 18.4 Å². The minimum atomic E-state index is 0.240. The van der Waals surface area contributed by atoms with Crippen LogP contribution in [-0.2, 0) is 12.8 Å². The molecule has 0 saturated carbocycles. The second-order valence-electron chi connectivity index (χ2n) is 4.09. The van der Waals surface area contributed by atoms with Gasteiger partial charge in [0.2, 0.25) is 0 Å². The van der Waals surface area contributed by atoms with Crippen LogP contribution in [0.1, 0.15) is 40.7 Å². The number of Topliss-reactive ketones (excluding diaryl/α,β-unsaturated/α-hetero) is 1. The third kappa shape index (κ3) is 2.17. The Balaban J connectivity index is 2.15. The van der Waals surface area contributed by atoms with Gasteiger partial charge in [0.25, 0.3) is 0 Å². The summed E-state index contributed by atoms with van der Waals surface area (Å²) in [5, 5.41) is 0. The van der Waals surface area contributed by atoms with Gasteiger partial charge in [0, 0.05) is 12.0 Å². The van der Waals surface area contributed by atoms with Crippen molar-refractivity contribution in [3.05, 3.63) is 47.5 Å². The molecule has 1 heteroatoms. The summed E-state index contributed by atoms with van der Waals surface area (Å²) in [6.07, 6.45) is 6.71. The summed E-state index contributed by atoms with van der Waals surface area (Å²) in [5.74, 6) is 0.240. The number of allylic oxidation sites excluding steroid dienone is 1. The average Bonchev–Trinajstić information content (AvgIpc) is 2.72. The van der Waals surface area contributed by atoms with Gasteiger partial charge in [0.15, 0.2) is 5.78 Å². The zero-order valence-electron chi connectivity index (χ0n) is 8.96. The van der Waals surface area contributed by atoms with Crippen molar-refractivity contribution in [2.75, 3.05) is 0 Å². The highest BCUT2D eigenvalue weighted by molar-refractivity contribution is 5.96. The molecule has 0 radical (unpaired) electrons. The van der Waals surface area contributed by atoms with E-state index in [2.05, 4.69) is 18.7 Å². The SMILES string of the molecule is C=CCCC(=O)c1ccc2c(c1)CCC2. The number of hydrogen-bond acceptors (Lipinski definition) is 1. The van der Waals surface area contributed by atoms with Crippen molar-refractivity contribution in [1.29, 1.82) is 0 Å². The lowest BCUT2D eigenvalue weighted by molar-refractivity contribution is 0.0983. The van der Waals surface area contributed by atoms with E-state index < -0.39 is 0 Å². The number of carbonyl (C=O) groups is 1. The highest BCUT2D eigenvalue weighted by Gasteiger charge is 2.13. The van der Waals surface area contributed by atoms with Gasteiger partial charge in [-0.15, -0.1) is 6.58 Å². The number of hydrogen-bond donors (Lipinski definition) is 0. The molecule has 0 aromatic heterocycles. The van der Waals surface area contributed by atoms with Crippen molar-refractivity contribution < 1.29 is 4.79 Å². The predicted molar refractivity (Wildman–Crippen MR) is 62.2 cm³/mol. The molecule has 0 unspecified atom stereocenters. The maximum atomic E-state index is 11.8. The van der Waals surface area contributed by atoms with E-state index in [-0.39, 0.29) is 5.78 Å². The van der Waals surface area contributed by atoms with Crippen molar-refractivity contribution in [3.8, 4) is 0 Å². The first-order chi connectivity index (χ1) is 7.31. The van der Waals surface area contributed by atoms with Crippen molar-refractivity contribution in [2.24, 2.45) is 0 Å². The molecule has 0 amide bonds. The van der Waals surface area contributed by atoms with E-state index in [1.54, 1.807) is 6.08 Å². The Morgan fingerprint density at radius 1 is 1.33 bits per heavy atom. The Kier molecular flexibility index (Phi) is 3.00. The lowest BCUT2D eigenvalue weighted by Gasteiger charge is -2.03. The van der Waals surface area contributed by atoms with E-state index in [1.165, 1.54) is 24.0 Å². The highest BCUT2D eigenvalue weighted by Crippen LogP contribution is 2.23. The molecule has 0 fully saturated rings. The summed E-state index contributed by atoms with van der Waals surface area (Å²) < 4.78 is 0. The van der Waals surface area contributed by atoms with Gasteiger partial charge in [-0.25, -0.2) is 0 Å². The lowest BCUT2D eigenvalue weighted by atomic mass is 10.0. The molecule has 78 valence electrons. The molecular formula is C14H16O. The van der Waals surface area contributed by atoms with Crippen LogP contribution in [0.25, 0.3) is 0 Å². The zero-order valence-corrected chi connectivity index (χ0v) is 8.96. The first-order valence-electron chi connectivity index (χ1n) is 5.57. The molecule has 1 aliphatic rings.